The van der Waals surface area contributed by atoms with Crippen molar-refractivity contribution in [1.29, 1.82) is 0 Å². The quantitative estimate of drug-likeness (QED) is 0.376. The van der Waals surface area contributed by atoms with Gasteiger partial charge in [0.1, 0.15) is 10.7 Å². The van der Waals surface area contributed by atoms with Crippen molar-refractivity contribution in [3.05, 3.63) is 53.2 Å². The Morgan fingerprint density at radius 1 is 1.17 bits per heavy atom. The van der Waals surface area contributed by atoms with Crippen molar-refractivity contribution in [1.82, 2.24) is 10.3 Å². The van der Waals surface area contributed by atoms with Crippen LogP contribution in [0.15, 0.2) is 42.5 Å². The maximum atomic E-state index is 15.2. The number of fused-ring (bicyclic) bond motifs is 5. The van der Waals surface area contributed by atoms with E-state index in [1.807, 2.05) is 37.3 Å². The first-order chi connectivity index (χ1) is 17.0. The van der Waals surface area contributed by atoms with Crippen molar-refractivity contribution in [2.45, 2.75) is 25.8 Å². The minimum Gasteiger partial charge on any atom is -0.396 e. The number of hydrogen-bond donors (Lipinski definition) is 3. The summed E-state index contributed by atoms with van der Waals surface area (Å²) in [6.07, 6.45) is 1.84. The van der Waals surface area contributed by atoms with E-state index in [0.717, 1.165) is 58.3 Å². The van der Waals surface area contributed by atoms with Gasteiger partial charge in [0.25, 0.3) is 5.91 Å². The molecule has 3 N–H and O–H groups in total. The van der Waals surface area contributed by atoms with Crippen LogP contribution in [0, 0.1) is 11.7 Å². The summed E-state index contributed by atoms with van der Waals surface area (Å²) in [4.78, 5) is 20.3. The first-order valence-electron chi connectivity index (χ1n) is 12.1. The molecule has 0 aliphatic carbocycles. The van der Waals surface area contributed by atoms with Crippen molar-refractivity contribution in [3.8, 4) is 11.3 Å². The van der Waals surface area contributed by atoms with E-state index < -0.39 is 0 Å². The lowest BCUT2D eigenvalue weighted by molar-refractivity contribution is 0.0949. The summed E-state index contributed by atoms with van der Waals surface area (Å²) in [6.45, 7) is 4.50. The van der Waals surface area contributed by atoms with E-state index >= 15 is 4.39 Å². The fourth-order valence-electron chi connectivity index (χ4n) is 5.16. The predicted molar refractivity (Wildman–Crippen MR) is 140 cm³/mol. The highest BCUT2D eigenvalue weighted by molar-refractivity contribution is 7.21. The van der Waals surface area contributed by atoms with Gasteiger partial charge in [0.15, 0.2) is 0 Å². The standard InChI is InChI=1S/C27H27FN4O2S/c1-15-13-29-25-24-19-4-5-21(31-22(19)6-7-23(24)35-26(25)27(34)30-15)18-3-2-17(12-20(18)28)32-10-8-16(14-33)9-11-32/h2-7,12,15-16,29,33H,8-11,13-14H2,1H3,(H,30,34)/t15-/m1/s1. The summed E-state index contributed by atoms with van der Waals surface area (Å²) in [5.74, 6) is -0.00885. The zero-order valence-corrected chi connectivity index (χ0v) is 20.3. The lowest BCUT2D eigenvalue weighted by Gasteiger charge is -2.33. The second-order valence-electron chi connectivity index (χ2n) is 9.54. The lowest BCUT2D eigenvalue weighted by Crippen LogP contribution is -2.34. The number of nitrogens with zero attached hydrogens (tertiary/aromatic N) is 2. The summed E-state index contributed by atoms with van der Waals surface area (Å²) in [5, 5.41) is 17.8. The normalized spacial score (nSPS) is 18.9. The number of carbonyl (C=O) groups is 1. The molecule has 2 aromatic carbocycles. The maximum absolute atomic E-state index is 15.2. The van der Waals surface area contributed by atoms with Gasteiger partial charge in [-0.25, -0.2) is 9.37 Å². The number of anilines is 2. The van der Waals surface area contributed by atoms with Crippen molar-refractivity contribution in [2.24, 2.45) is 5.92 Å². The number of carbonyl (C=O) groups excluding carboxylic acids is 1. The van der Waals surface area contributed by atoms with E-state index in [4.69, 9.17) is 4.98 Å². The Hall–Kier alpha value is -3.23. The minimum absolute atomic E-state index is 0.0452. The van der Waals surface area contributed by atoms with Crippen LogP contribution in [0.4, 0.5) is 15.8 Å². The smallest absolute Gasteiger partial charge is 0.263 e. The summed E-state index contributed by atoms with van der Waals surface area (Å²) in [7, 11) is 0. The third-order valence-electron chi connectivity index (χ3n) is 7.16. The second kappa shape index (κ2) is 8.77. The molecule has 0 radical (unpaired) electrons. The number of piperidine rings is 1. The first-order valence-corrected chi connectivity index (χ1v) is 12.9. The van der Waals surface area contributed by atoms with Gasteiger partial charge in [-0.3, -0.25) is 4.79 Å². The molecule has 1 amide bonds. The molecule has 6 rings (SSSR count). The lowest BCUT2D eigenvalue weighted by atomic mass is 9.97. The number of aliphatic hydroxyl groups is 1. The van der Waals surface area contributed by atoms with Gasteiger partial charge in [0.2, 0.25) is 0 Å². The Morgan fingerprint density at radius 2 is 2.00 bits per heavy atom. The number of rotatable bonds is 3. The SMILES string of the molecule is C[C@@H]1CNc2c(sc3ccc4nc(-c5ccc(N6CCC(CO)CC6)cc5F)ccc4c23)C(=O)N1. The molecule has 2 aliphatic rings. The molecular weight excluding hydrogens is 463 g/mol. The Kier molecular flexibility index (Phi) is 5.57. The predicted octanol–water partition coefficient (Wildman–Crippen LogP) is 5.01. The summed E-state index contributed by atoms with van der Waals surface area (Å²) in [5.41, 5.74) is 3.54. The van der Waals surface area contributed by atoms with Crippen molar-refractivity contribution in [2.75, 3.05) is 36.5 Å². The number of thiophene rings is 1. The molecular formula is C27H27FN4O2S. The van der Waals surface area contributed by atoms with E-state index in [1.165, 1.54) is 11.3 Å². The van der Waals surface area contributed by atoms with Gasteiger partial charge in [-0.15, -0.1) is 11.3 Å². The van der Waals surface area contributed by atoms with Crippen LogP contribution >= 0.6 is 11.3 Å². The number of amides is 1. The molecule has 2 aromatic heterocycles. The Morgan fingerprint density at radius 3 is 2.77 bits per heavy atom. The summed E-state index contributed by atoms with van der Waals surface area (Å²) >= 11 is 1.48. The number of pyridine rings is 1. The van der Waals surface area contributed by atoms with Crippen LogP contribution in [0.25, 0.3) is 32.2 Å². The maximum Gasteiger partial charge on any atom is 0.263 e. The molecule has 2 aliphatic heterocycles. The summed E-state index contributed by atoms with van der Waals surface area (Å²) < 4.78 is 16.3. The molecule has 180 valence electrons. The molecule has 4 heterocycles. The van der Waals surface area contributed by atoms with E-state index in [2.05, 4.69) is 15.5 Å². The van der Waals surface area contributed by atoms with Gasteiger partial charge in [-0.05, 0) is 68.1 Å². The van der Waals surface area contributed by atoms with Crippen LogP contribution in [0.1, 0.15) is 29.4 Å². The Bertz CT molecular complexity index is 1440. The molecule has 1 atom stereocenters. The molecule has 1 saturated heterocycles. The van der Waals surface area contributed by atoms with E-state index in [9.17, 15) is 9.90 Å². The van der Waals surface area contributed by atoms with Crippen LogP contribution in [0.2, 0.25) is 0 Å². The molecule has 6 nitrogen and oxygen atoms in total. The largest absolute Gasteiger partial charge is 0.396 e. The minimum atomic E-state index is -0.295. The van der Waals surface area contributed by atoms with Gasteiger partial charge in [0, 0.05) is 59.0 Å². The zero-order valence-electron chi connectivity index (χ0n) is 19.5. The van der Waals surface area contributed by atoms with Gasteiger partial charge in [0.05, 0.1) is 16.9 Å². The molecule has 35 heavy (non-hydrogen) atoms. The number of aliphatic hydroxyl groups excluding tert-OH is 1. The third kappa shape index (κ3) is 3.90. The molecule has 0 unspecified atom stereocenters. The number of hydrogen-bond acceptors (Lipinski definition) is 6. The zero-order chi connectivity index (χ0) is 24.1. The van der Waals surface area contributed by atoms with Crippen LogP contribution < -0.4 is 15.5 Å². The average Bonchev–Trinajstić information content (AvgIpc) is 3.20. The highest BCUT2D eigenvalue weighted by Gasteiger charge is 2.25. The molecule has 4 aromatic rings. The number of benzene rings is 2. The van der Waals surface area contributed by atoms with Crippen molar-refractivity contribution < 1.29 is 14.3 Å². The van der Waals surface area contributed by atoms with Crippen molar-refractivity contribution >= 4 is 49.6 Å². The molecule has 8 heteroatoms. The summed E-state index contributed by atoms with van der Waals surface area (Å²) in [6, 6.07) is 13.2. The van der Waals surface area contributed by atoms with Crippen LogP contribution in [0.5, 0.6) is 0 Å². The topological polar surface area (TPSA) is 77.5 Å². The van der Waals surface area contributed by atoms with Crippen LogP contribution in [-0.2, 0) is 0 Å². The average molecular weight is 491 g/mol. The Balaban J connectivity index is 1.36. The van der Waals surface area contributed by atoms with Gasteiger partial charge in [-0.2, -0.15) is 0 Å². The number of halogens is 1. The highest BCUT2D eigenvalue weighted by Crippen LogP contribution is 2.41. The van der Waals surface area contributed by atoms with Gasteiger partial charge < -0.3 is 20.6 Å². The molecule has 1 fully saturated rings. The number of nitrogens with one attached hydrogen (secondary N) is 2. The van der Waals surface area contributed by atoms with Gasteiger partial charge in [-0.1, -0.05) is 0 Å². The van der Waals surface area contributed by atoms with E-state index in [0.29, 0.717) is 28.6 Å². The number of aromatic nitrogens is 1. The van der Waals surface area contributed by atoms with E-state index in [1.54, 1.807) is 12.1 Å². The van der Waals surface area contributed by atoms with E-state index in [-0.39, 0.29) is 24.4 Å². The molecule has 0 saturated carbocycles. The molecule has 0 bridgehead atoms. The van der Waals surface area contributed by atoms with Gasteiger partial charge >= 0.3 is 0 Å². The molecule has 0 spiro atoms. The second-order valence-corrected chi connectivity index (χ2v) is 10.6. The monoisotopic (exact) mass is 490 g/mol. The van der Waals surface area contributed by atoms with Crippen molar-refractivity contribution in [3.63, 3.8) is 0 Å². The van der Waals surface area contributed by atoms with Crippen LogP contribution in [0.3, 0.4) is 0 Å². The fourth-order valence-corrected chi connectivity index (χ4v) is 6.26. The van der Waals surface area contributed by atoms with Crippen LogP contribution in [-0.4, -0.2) is 48.3 Å². The fraction of sp³-hybridized carbons (Fsp3) is 0.333. The Labute approximate surface area is 206 Å². The highest BCUT2D eigenvalue weighted by atomic mass is 32.1. The third-order valence-corrected chi connectivity index (χ3v) is 8.31. The first kappa shape index (κ1) is 22.2.